The summed E-state index contributed by atoms with van der Waals surface area (Å²) < 4.78 is 0.979. The van der Waals surface area contributed by atoms with Crippen molar-refractivity contribution in [2.24, 2.45) is 11.3 Å². The first kappa shape index (κ1) is 16.3. The summed E-state index contributed by atoms with van der Waals surface area (Å²) in [4.78, 5) is 14.3. The third kappa shape index (κ3) is 4.22. The highest BCUT2D eigenvalue weighted by molar-refractivity contribution is 9.10. The minimum atomic E-state index is 0.269. The summed E-state index contributed by atoms with van der Waals surface area (Å²) in [6, 6.07) is 5.79. The number of likely N-dealkylation sites (tertiary alicyclic amines) is 1. The van der Waals surface area contributed by atoms with Gasteiger partial charge in [-0.05, 0) is 41.9 Å². The molecule has 1 atom stereocenters. The smallest absolute Gasteiger partial charge is 0.222 e. The first-order chi connectivity index (χ1) is 9.77. The zero-order valence-electron chi connectivity index (χ0n) is 13.2. The van der Waals surface area contributed by atoms with Crippen LogP contribution in [0.2, 0.25) is 0 Å². The molecule has 1 aromatic rings. The lowest BCUT2D eigenvalue weighted by Gasteiger charge is -2.29. The maximum Gasteiger partial charge on any atom is 0.222 e. The zero-order chi connectivity index (χ0) is 15.6. The van der Waals surface area contributed by atoms with Crippen molar-refractivity contribution < 1.29 is 4.79 Å². The molecule has 0 aromatic heterocycles. The minimum Gasteiger partial charge on any atom is -0.399 e. The molecule has 0 spiro atoms. The highest BCUT2D eigenvalue weighted by Crippen LogP contribution is 2.35. The van der Waals surface area contributed by atoms with E-state index in [4.69, 9.17) is 5.73 Å². The first-order valence-electron chi connectivity index (χ1n) is 7.59. The van der Waals surface area contributed by atoms with Crippen LogP contribution >= 0.6 is 15.9 Å². The topological polar surface area (TPSA) is 46.3 Å². The highest BCUT2D eigenvalue weighted by atomic mass is 79.9. The third-order valence-corrected chi connectivity index (χ3v) is 5.21. The molecule has 3 nitrogen and oxygen atoms in total. The molecular formula is C17H25BrN2O. The molecule has 2 N–H and O–H groups in total. The molecule has 1 heterocycles. The Hall–Kier alpha value is -1.03. The number of nitrogens with zero attached hydrogens (tertiary/aromatic N) is 1. The van der Waals surface area contributed by atoms with E-state index in [1.807, 2.05) is 23.1 Å². The second-order valence-corrected chi connectivity index (χ2v) is 7.91. The molecule has 1 aliphatic rings. The Balaban J connectivity index is 2.08. The van der Waals surface area contributed by atoms with Gasteiger partial charge in [0.25, 0.3) is 0 Å². The fourth-order valence-electron chi connectivity index (χ4n) is 2.97. The van der Waals surface area contributed by atoms with Crippen molar-refractivity contribution in [1.29, 1.82) is 0 Å². The van der Waals surface area contributed by atoms with Gasteiger partial charge in [-0.15, -0.1) is 0 Å². The van der Waals surface area contributed by atoms with Gasteiger partial charge < -0.3 is 10.6 Å². The standard InChI is InChI=1S/C17H25BrN2O/c1-17(2,3)13-5-7-16(21)20(9-8-13)11-12-4-6-14(19)10-15(12)18/h4,6,10,13H,5,7-9,11,19H2,1-3H3. The normalized spacial score (nSPS) is 20.5. The Kier molecular flexibility index (Phi) is 4.97. The van der Waals surface area contributed by atoms with Crippen LogP contribution in [0.15, 0.2) is 22.7 Å². The van der Waals surface area contributed by atoms with E-state index in [1.54, 1.807) is 0 Å². The molecule has 0 radical (unpaired) electrons. The van der Waals surface area contributed by atoms with Crippen molar-refractivity contribution in [1.82, 2.24) is 4.90 Å². The Morgan fingerprint density at radius 2 is 2.05 bits per heavy atom. The molecule has 21 heavy (non-hydrogen) atoms. The number of hydrogen-bond donors (Lipinski definition) is 1. The molecule has 1 aromatic carbocycles. The Morgan fingerprint density at radius 3 is 2.67 bits per heavy atom. The SMILES string of the molecule is CC(C)(C)C1CCC(=O)N(Cc2ccc(N)cc2Br)CC1. The highest BCUT2D eigenvalue weighted by Gasteiger charge is 2.30. The summed E-state index contributed by atoms with van der Waals surface area (Å²) in [7, 11) is 0. The van der Waals surface area contributed by atoms with E-state index in [-0.39, 0.29) is 11.3 Å². The molecule has 2 rings (SSSR count). The van der Waals surface area contributed by atoms with Crippen LogP contribution in [0.4, 0.5) is 5.69 Å². The average Bonchev–Trinajstić information content (AvgIpc) is 2.55. The number of nitrogen functional groups attached to an aromatic ring is 1. The lowest BCUT2D eigenvalue weighted by molar-refractivity contribution is -0.131. The lowest BCUT2D eigenvalue weighted by atomic mass is 9.77. The van der Waals surface area contributed by atoms with E-state index >= 15 is 0 Å². The van der Waals surface area contributed by atoms with Crippen LogP contribution < -0.4 is 5.73 Å². The molecule has 1 fully saturated rings. The molecule has 1 amide bonds. The van der Waals surface area contributed by atoms with Gasteiger partial charge >= 0.3 is 0 Å². The second-order valence-electron chi connectivity index (χ2n) is 7.06. The molecular weight excluding hydrogens is 328 g/mol. The van der Waals surface area contributed by atoms with E-state index < -0.39 is 0 Å². The van der Waals surface area contributed by atoms with E-state index in [1.165, 1.54) is 0 Å². The number of hydrogen-bond acceptors (Lipinski definition) is 2. The number of halogens is 1. The predicted molar refractivity (Wildman–Crippen MR) is 90.8 cm³/mol. The quantitative estimate of drug-likeness (QED) is 0.810. The van der Waals surface area contributed by atoms with Crippen LogP contribution in [-0.2, 0) is 11.3 Å². The number of amides is 1. The Labute approximate surface area is 136 Å². The summed E-state index contributed by atoms with van der Waals surface area (Å²) in [5, 5.41) is 0. The molecule has 0 bridgehead atoms. The molecule has 1 saturated heterocycles. The lowest BCUT2D eigenvalue weighted by Crippen LogP contribution is -2.30. The summed E-state index contributed by atoms with van der Waals surface area (Å²) in [5.41, 5.74) is 7.90. The van der Waals surface area contributed by atoms with Crippen LogP contribution in [0.1, 0.15) is 45.6 Å². The fourth-order valence-corrected chi connectivity index (χ4v) is 3.49. The molecule has 1 aliphatic heterocycles. The summed E-state index contributed by atoms with van der Waals surface area (Å²) in [6.45, 7) is 8.32. The van der Waals surface area contributed by atoms with Crippen molar-refractivity contribution in [3.63, 3.8) is 0 Å². The van der Waals surface area contributed by atoms with Gasteiger partial charge in [0.1, 0.15) is 0 Å². The molecule has 1 unspecified atom stereocenters. The van der Waals surface area contributed by atoms with Gasteiger partial charge in [0, 0.05) is 29.7 Å². The van der Waals surface area contributed by atoms with Gasteiger partial charge in [0.2, 0.25) is 5.91 Å². The number of carbonyl (C=O) groups excluding carboxylic acids is 1. The summed E-state index contributed by atoms with van der Waals surface area (Å²) in [6.07, 6.45) is 2.75. The van der Waals surface area contributed by atoms with Crippen LogP contribution in [-0.4, -0.2) is 17.4 Å². The van der Waals surface area contributed by atoms with Crippen molar-refractivity contribution in [2.75, 3.05) is 12.3 Å². The number of carbonyl (C=O) groups is 1. The maximum atomic E-state index is 12.4. The second kappa shape index (κ2) is 6.39. The van der Waals surface area contributed by atoms with E-state index in [9.17, 15) is 4.79 Å². The summed E-state index contributed by atoms with van der Waals surface area (Å²) >= 11 is 3.54. The Morgan fingerprint density at radius 1 is 1.33 bits per heavy atom. The van der Waals surface area contributed by atoms with E-state index in [0.717, 1.165) is 35.1 Å². The number of anilines is 1. The van der Waals surface area contributed by atoms with Gasteiger partial charge in [-0.1, -0.05) is 42.8 Å². The molecule has 0 saturated carbocycles. The van der Waals surface area contributed by atoms with Crippen LogP contribution in [0.25, 0.3) is 0 Å². The third-order valence-electron chi connectivity index (χ3n) is 4.47. The van der Waals surface area contributed by atoms with Crippen molar-refractivity contribution in [2.45, 2.75) is 46.6 Å². The zero-order valence-corrected chi connectivity index (χ0v) is 14.7. The van der Waals surface area contributed by atoms with Crippen LogP contribution in [0.3, 0.4) is 0 Å². The van der Waals surface area contributed by atoms with Gasteiger partial charge in [-0.3, -0.25) is 4.79 Å². The van der Waals surface area contributed by atoms with Crippen molar-refractivity contribution >= 4 is 27.5 Å². The minimum absolute atomic E-state index is 0.269. The van der Waals surface area contributed by atoms with Gasteiger partial charge in [0.05, 0.1) is 0 Å². The molecule has 0 aliphatic carbocycles. The number of nitrogens with two attached hydrogens (primary N) is 1. The predicted octanol–water partition coefficient (Wildman–Crippen LogP) is 4.21. The van der Waals surface area contributed by atoms with Crippen molar-refractivity contribution in [3.05, 3.63) is 28.2 Å². The maximum absolute atomic E-state index is 12.4. The van der Waals surface area contributed by atoms with E-state index in [2.05, 4.69) is 36.7 Å². The van der Waals surface area contributed by atoms with Gasteiger partial charge in [-0.25, -0.2) is 0 Å². The van der Waals surface area contributed by atoms with E-state index in [0.29, 0.717) is 18.9 Å². The Bertz CT molecular complexity index is 522. The van der Waals surface area contributed by atoms with Crippen LogP contribution in [0.5, 0.6) is 0 Å². The van der Waals surface area contributed by atoms with Crippen LogP contribution in [0, 0.1) is 11.3 Å². The fraction of sp³-hybridized carbons (Fsp3) is 0.588. The molecule has 116 valence electrons. The van der Waals surface area contributed by atoms with Crippen molar-refractivity contribution in [3.8, 4) is 0 Å². The molecule has 4 heteroatoms. The average molecular weight is 353 g/mol. The largest absolute Gasteiger partial charge is 0.399 e. The summed E-state index contributed by atoms with van der Waals surface area (Å²) in [5.74, 6) is 0.881. The van der Waals surface area contributed by atoms with Gasteiger partial charge in [-0.2, -0.15) is 0 Å². The van der Waals surface area contributed by atoms with Gasteiger partial charge in [0.15, 0.2) is 0 Å². The first-order valence-corrected chi connectivity index (χ1v) is 8.38. The number of benzene rings is 1. The monoisotopic (exact) mass is 352 g/mol. The number of rotatable bonds is 2.